The van der Waals surface area contributed by atoms with Crippen LogP contribution in [0.2, 0.25) is 0 Å². The minimum atomic E-state index is -0.357. The van der Waals surface area contributed by atoms with Crippen LogP contribution in [0.15, 0.2) is 59.4 Å². The highest BCUT2D eigenvalue weighted by Gasteiger charge is 2.24. The Kier molecular flexibility index (Phi) is 5.26. The average molecular weight is 375 g/mol. The highest BCUT2D eigenvalue weighted by atomic mass is 16.2. The van der Waals surface area contributed by atoms with Gasteiger partial charge in [0, 0.05) is 12.1 Å². The van der Waals surface area contributed by atoms with Gasteiger partial charge >= 0.3 is 0 Å². The molecular weight excluding hydrogens is 350 g/mol. The molecule has 144 valence electrons. The molecule has 1 aromatic heterocycles. The molecule has 2 aromatic carbocycles. The van der Waals surface area contributed by atoms with E-state index < -0.39 is 0 Å². The number of aryl methyl sites for hydroxylation is 1. The number of rotatable bonds is 5. The lowest BCUT2D eigenvalue weighted by molar-refractivity contribution is 0.0936. The quantitative estimate of drug-likeness (QED) is 0.718. The number of benzene rings is 2. The van der Waals surface area contributed by atoms with Crippen LogP contribution in [-0.4, -0.2) is 35.4 Å². The third-order valence-corrected chi connectivity index (χ3v) is 5.50. The highest BCUT2D eigenvalue weighted by molar-refractivity contribution is 5.97. The normalized spacial score (nSPS) is 15.6. The fourth-order valence-electron chi connectivity index (χ4n) is 3.90. The molecule has 5 heteroatoms. The van der Waals surface area contributed by atoms with Crippen LogP contribution < -0.4 is 10.9 Å². The standard InChI is InChI=1S/C23H25N3O2/c1-16-8-10-17(11-9-16)21(26-12-4-5-13-26)15-24-22(27)19-14-18-6-2-3-7-20(18)25-23(19)28/h2-3,6-11,14,21H,4-5,12-13,15H2,1H3,(H,24,27)(H,25,28). The second-order valence-electron chi connectivity index (χ2n) is 7.48. The molecule has 28 heavy (non-hydrogen) atoms. The summed E-state index contributed by atoms with van der Waals surface area (Å²) in [6.45, 7) is 4.62. The third kappa shape index (κ3) is 3.85. The number of aromatic amines is 1. The van der Waals surface area contributed by atoms with Gasteiger partial charge in [0.2, 0.25) is 0 Å². The number of aromatic nitrogens is 1. The van der Waals surface area contributed by atoms with E-state index in [4.69, 9.17) is 0 Å². The Morgan fingerprint density at radius 3 is 2.57 bits per heavy atom. The average Bonchev–Trinajstić information content (AvgIpc) is 3.23. The number of amides is 1. The lowest BCUT2D eigenvalue weighted by Crippen LogP contribution is -2.38. The van der Waals surface area contributed by atoms with Crippen molar-refractivity contribution < 1.29 is 4.79 Å². The van der Waals surface area contributed by atoms with Gasteiger partial charge in [-0.05, 0) is 55.9 Å². The molecule has 1 amide bonds. The summed E-state index contributed by atoms with van der Waals surface area (Å²) in [6.07, 6.45) is 2.36. The van der Waals surface area contributed by atoms with Crippen LogP contribution in [0.4, 0.5) is 0 Å². The maximum atomic E-state index is 12.8. The Bertz CT molecular complexity index is 1030. The fraction of sp³-hybridized carbons (Fsp3) is 0.304. The molecule has 2 heterocycles. The van der Waals surface area contributed by atoms with E-state index in [2.05, 4.69) is 46.4 Å². The molecule has 1 atom stereocenters. The fourth-order valence-corrected chi connectivity index (χ4v) is 3.90. The van der Waals surface area contributed by atoms with Crippen molar-refractivity contribution in [1.29, 1.82) is 0 Å². The van der Waals surface area contributed by atoms with E-state index in [-0.39, 0.29) is 23.1 Å². The van der Waals surface area contributed by atoms with E-state index in [1.807, 2.05) is 24.3 Å². The zero-order valence-corrected chi connectivity index (χ0v) is 16.1. The maximum Gasteiger partial charge on any atom is 0.261 e. The topological polar surface area (TPSA) is 65.2 Å². The highest BCUT2D eigenvalue weighted by Crippen LogP contribution is 2.25. The van der Waals surface area contributed by atoms with Gasteiger partial charge < -0.3 is 10.3 Å². The van der Waals surface area contributed by atoms with Crippen molar-refractivity contribution in [2.45, 2.75) is 25.8 Å². The number of hydrogen-bond donors (Lipinski definition) is 2. The number of para-hydroxylation sites is 1. The van der Waals surface area contributed by atoms with Gasteiger partial charge in [-0.3, -0.25) is 14.5 Å². The summed E-state index contributed by atoms with van der Waals surface area (Å²) >= 11 is 0. The first-order chi connectivity index (χ1) is 13.6. The van der Waals surface area contributed by atoms with Gasteiger partial charge in [-0.2, -0.15) is 0 Å². The Hall–Kier alpha value is -2.92. The minimum absolute atomic E-state index is 0.117. The summed E-state index contributed by atoms with van der Waals surface area (Å²) < 4.78 is 0. The van der Waals surface area contributed by atoms with Crippen LogP contribution >= 0.6 is 0 Å². The lowest BCUT2D eigenvalue weighted by Gasteiger charge is -2.28. The molecular formula is C23H25N3O2. The van der Waals surface area contributed by atoms with E-state index in [0.717, 1.165) is 24.0 Å². The molecule has 0 aliphatic carbocycles. The summed E-state index contributed by atoms with van der Waals surface area (Å²) in [5.41, 5.74) is 2.95. The van der Waals surface area contributed by atoms with Gasteiger partial charge in [-0.25, -0.2) is 0 Å². The summed E-state index contributed by atoms with van der Waals surface area (Å²) in [5, 5.41) is 3.84. The molecule has 4 rings (SSSR count). The predicted molar refractivity (Wildman–Crippen MR) is 112 cm³/mol. The van der Waals surface area contributed by atoms with Crippen molar-refractivity contribution in [2.75, 3.05) is 19.6 Å². The minimum Gasteiger partial charge on any atom is -0.350 e. The van der Waals surface area contributed by atoms with Crippen molar-refractivity contribution >= 4 is 16.8 Å². The summed E-state index contributed by atoms with van der Waals surface area (Å²) in [4.78, 5) is 30.3. The van der Waals surface area contributed by atoms with Crippen LogP contribution in [0, 0.1) is 6.92 Å². The zero-order valence-electron chi connectivity index (χ0n) is 16.1. The Morgan fingerprint density at radius 2 is 1.82 bits per heavy atom. The SMILES string of the molecule is Cc1ccc(C(CNC(=O)c2cc3ccccc3[nH]c2=O)N2CCCC2)cc1. The molecule has 0 spiro atoms. The van der Waals surface area contributed by atoms with Crippen LogP contribution in [0.1, 0.15) is 40.4 Å². The molecule has 2 N–H and O–H groups in total. The second kappa shape index (κ2) is 7.98. The molecule has 0 saturated carbocycles. The monoisotopic (exact) mass is 375 g/mol. The van der Waals surface area contributed by atoms with Gasteiger partial charge in [0.05, 0.1) is 6.04 Å². The summed E-state index contributed by atoms with van der Waals surface area (Å²) in [6, 6.07) is 17.7. The molecule has 0 radical (unpaired) electrons. The molecule has 1 fully saturated rings. The van der Waals surface area contributed by atoms with Crippen molar-refractivity contribution in [3.05, 3.63) is 81.6 Å². The second-order valence-corrected chi connectivity index (χ2v) is 7.48. The smallest absolute Gasteiger partial charge is 0.261 e. The largest absolute Gasteiger partial charge is 0.350 e. The predicted octanol–water partition coefficient (Wildman–Crippen LogP) is 3.40. The van der Waals surface area contributed by atoms with Gasteiger partial charge in [-0.15, -0.1) is 0 Å². The van der Waals surface area contributed by atoms with Crippen LogP contribution in [0.3, 0.4) is 0 Å². The number of nitrogens with one attached hydrogen (secondary N) is 2. The molecule has 1 aliphatic rings. The van der Waals surface area contributed by atoms with Gasteiger partial charge in [0.25, 0.3) is 11.5 Å². The molecule has 1 unspecified atom stereocenters. The van der Waals surface area contributed by atoms with E-state index in [0.29, 0.717) is 6.54 Å². The first-order valence-electron chi connectivity index (χ1n) is 9.83. The van der Waals surface area contributed by atoms with Gasteiger partial charge in [0.15, 0.2) is 0 Å². The molecule has 1 saturated heterocycles. The zero-order chi connectivity index (χ0) is 19.5. The molecule has 0 bridgehead atoms. The van der Waals surface area contributed by atoms with E-state index in [1.54, 1.807) is 6.07 Å². The Balaban J connectivity index is 1.55. The van der Waals surface area contributed by atoms with E-state index in [9.17, 15) is 9.59 Å². The van der Waals surface area contributed by atoms with Crippen molar-refractivity contribution in [1.82, 2.24) is 15.2 Å². The third-order valence-electron chi connectivity index (χ3n) is 5.50. The van der Waals surface area contributed by atoms with Crippen molar-refractivity contribution in [3.8, 4) is 0 Å². The number of likely N-dealkylation sites (tertiary alicyclic amines) is 1. The Morgan fingerprint density at radius 1 is 1.11 bits per heavy atom. The van der Waals surface area contributed by atoms with Crippen LogP contribution in [0.5, 0.6) is 0 Å². The first-order valence-corrected chi connectivity index (χ1v) is 9.83. The van der Waals surface area contributed by atoms with Crippen molar-refractivity contribution in [2.24, 2.45) is 0 Å². The Labute approximate surface area is 164 Å². The van der Waals surface area contributed by atoms with Crippen LogP contribution in [0.25, 0.3) is 10.9 Å². The van der Waals surface area contributed by atoms with Gasteiger partial charge in [-0.1, -0.05) is 48.0 Å². The molecule has 5 nitrogen and oxygen atoms in total. The number of hydrogen-bond acceptors (Lipinski definition) is 3. The number of nitrogens with zero attached hydrogens (tertiary/aromatic N) is 1. The number of carbonyl (C=O) groups is 1. The molecule has 3 aromatic rings. The summed E-state index contributed by atoms with van der Waals surface area (Å²) in [5.74, 6) is -0.330. The van der Waals surface area contributed by atoms with Crippen LogP contribution in [-0.2, 0) is 0 Å². The number of fused-ring (bicyclic) bond motifs is 1. The number of H-pyrrole nitrogens is 1. The summed E-state index contributed by atoms with van der Waals surface area (Å²) in [7, 11) is 0. The first kappa shape index (κ1) is 18.4. The number of carbonyl (C=O) groups excluding carboxylic acids is 1. The van der Waals surface area contributed by atoms with Crippen molar-refractivity contribution in [3.63, 3.8) is 0 Å². The maximum absolute atomic E-state index is 12.8. The van der Waals surface area contributed by atoms with E-state index in [1.165, 1.54) is 24.0 Å². The van der Waals surface area contributed by atoms with Gasteiger partial charge in [0.1, 0.15) is 5.56 Å². The van der Waals surface area contributed by atoms with E-state index >= 15 is 0 Å². The molecule has 1 aliphatic heterocycles. The number of pyridine rings is 1. The lowest BCUT2D eigenvalue weighted by atomic mass is 10.0.